The van der Waals surface area contributed by atoms with Crippen LogP contribution in [-0.4, -0.2) is 34.3 Å². The number of azo groups is 2. The van der Waals surface area contributed by atoms with Crippen LogP contribution in [0.5, 0.6) is 0 Å². The number of nitrogens with one attached hydrogen (secondary N) is 2. The summed E-state index contributed by atoms with van der Waals surface area (Å²) in [5.41, 5.74) is 5.39. The second kappa shape index (κ2) is 15.3. The van der Waals surface area contributed by atoms with Gasteiger partial charge in [0.2, 0.25) is 0 Å². The highest BCUT2D eigenvalue weighted by atomic mass is 16.5. The smallest absolute Gasteiger partial charge is 0.342 e. The van der Waals surface area contributed by atoms with Gasteiger partial charge in [-0.05, 0) is 101 Å². The van der Waals surface area contributed by atoms with Crippen LogP contribution >= 0.6 is 0 Å². The van der Waals surface area contributed by atoms with E-state index in [4.69, 9.17) is 20.3 Å². The molecule has 5 aromatic rings. The summed E-state index contributed by atoms with van der Waals surface area (Å²) < 4.78 is 13.9. The lowest BCUT2D eigenvalue weighted by atomic mass is 10.1. The van der Waals surface area contributed by atoms with E-state index in [0.717, 1.165) is 0 Å². The highest BCUT2D eigenvalue weighted by Gasteiger charge is 2.24. The lowest BCUT2D eigenvalue weighted by Crippen LogP contribution is -2.30. The van der Waals surface area contributed by atoms with Gasteiger partial charge in [-0.15, -0.1) is 10.2 Å². The molecule has 5 rings (SSSR count). The van der Waals surface area contributed by atoms with Gasteiger partial charge in [-0.25, -0.2) is 9.59 Å². The van der Waals surface area contributed by atoms with E-state index < -0.39 is 11.9 Å². The molecule has 0 bridgehead atoms. The maximum Gasteiger partial charge on any atom is 0.342 e. The Kier molecular flexibility index (Phi) is 10.7. The average Bonchev–Trinajstić information content (AvgIpc) is 3.10. The van der Waals surface area contributed by atoms with Crippen molar-refractivity contribution in [3.05, 3.63) is 130 Å². The molecule has 0 aliphatic carbocycles. The van der Waals surface area contributed by atoms with Gasteiger partial charge in [0.1, 0.15) is 33.5 Å². The number of esters is 2. The molecule has 0 aliphatic rings. The van der Waals surface area contributed by atoms with Crippen molar-refractivity contribution in [2.45, 2.75) is 41.5 Å². The van der Waals surface area contributed by atoms with E-state index >= 15 is 0 Å². The maximum atomic E-state index is 13.2. The van der Waals surface area contributed by atoms with E-state index in [9.17, 15) is 9.59 Å². The normalized spacial score (nSPS) is 11.3. The SMILES string of the molecule is CCOC(=O)c1c(C)c(/N=N/c2ccccc2)c(C)n(-c2ccc(-n3c(C)c(/N=N/c4ccccc4)c(C)c(C(=O)OCC)c3=N)cc2)c1=N. The largest absolute Gasteiger partial charge is 0.462 e. The van der Waals surface area contributed by atoms with Gasteiger partial charge in [-0.1, -0.05) is 36.4 Å². The molecule has 0 unspecified atom stereocenters. The van der Waals surface area contributed by atoms with E-state index in [1.165, 1.54) is 0 Å². The molecule has 0 saturated carbocycles. The van der Waals surface area contributed by atoms with Crippen molar-refractivity contribution in [3.8, 4) is 11.4 Å². The minimum absolute atomic E-state index is 0.0709. The Bertz CT molecular complexity index is 2080. The van der Waals surface area contributed by atoms with Crippen LogP contribution in [0.25, 0.3) is 11.4 Å². The summed E-state index contributed by atoms with van der Waals surface area (Å²) in [7, 11) is 0. The van der Waals surface area contributed by atoms with Crippen LogP contribution in [0.1, 0.15) is 57.1 Å². The number of benzene rings is 3. The van der Waals surface area contributed by atoms with Crippen LogP contribution in [-0.2, 0) is 9.47 Å². The monoisotopic (exact) mass is 670 g/mol. The maximum absolute atomic E-state index is 13.2. The summed E-state index contributed by atoms with van der Waals surface area (Å²) in [6.45, 7) is 10.8. The molecule has 0 aliphatic heterocycles. The number of carbonyl (C=O) groups is 2. The van der Waals surface area contributed by atoms with Gasteiger partial charge < -0.3 is 9.47 Å². The van der Waals surface area contributed by atoms with E-state index in [-0.39, 0.29) is 35.3 Å². The predicted molar refractivity (Wildman–Crippen MR) is 189 cm³/mol. The summed E-state index contributed by atoms with van der Waals surface area (Å²) >= 11 is 0. The first-order valence-corrected chi connectivity index (χ1v) is 16.1. The molecule has 2 aromatic heterocycles. The first-order chi connectivity index (χ1) is 24.1. The summed E-state index contributed by atoms with van der Waals surface area (Å²) in [5, 5.41) is 36.0. The number of nitrogens with zero attached hydrogens (tertiary/aromatic N) is 6. The minimum atomic E-state index is -0.634. The third kappa shape index (κ3) is 6.95. The van der Waals surface area contributed by atoms with Crippen molar-refractivity contribution < 1.29 is 19.1 Å². The number of rotatable bonds is 10. The number of hydrogen-bond acceptors (Lipinski definition) is 10. The summed E-state index contributed by atoms with van der Waals surface area (Å²) in [5.74, 6) is -1.27. The third-order valence-corrected chi connectivity index (χ3v) is 8.11. The zero-order chi connectivity index (χ0) is 35.9. The molecule has 12 heteroatoms. The van der Waals surface area contributed by atoms with E-state index in [2.05, 4.69) is 20.5 Å². The fourth-order valence-electron chi connectivity index (χ4n) is 5.71. The first kappa shape index (κ1) is 35.0. The number of hydrogen-bond donors (Lipinski definition) is 2. The molecule has 0 saturated heterocycles. The Morgan fingerprint density at radius 2 is 0.900 bits per heavy atom. The van der Waals surface area contributed by atoms with E-state index in [1.807, 2.05) is 74.5 Å². The Balaban J connectivity index is 1.68. The van der Waals surface area contributed by atoms with Crippen molar-refractivity contribution in [2.24, 2.45) is 20.5 Å². The Hall–Kier alpha value is -6.30. The number of pyridine rings is 2. The highest BCUT2D eigenvalue weighted by Crippen LogP contribution is 2.31. The molecular weight excluding hydrogens is 632 g/mol. The van der Waals surface area contributed by atoms with Gasteiger partial charge in [0.05, 0.1) is 24.6 Å². The number of carbonyl (C=O) groups excluding carboxylic acids is 2. The molecule has 3 aromatic carbocycles. The molecule has 0 atom stereocenters. The first-order valence-electron chi connectivity index (χ1n) is 16.1. The summed E-state index contributed by atoms with van der Waals surface area (Å²) in [4.78, 5) is 26.3. The molecule has 0 amide bonds. The highest BCUT2D eigenvalue weighted by molar-refractivity contribution is 5.93. The lowest BCUT2D eigenvalue weighted by molar-refractivity contribution is 0.0512. The zero-order valence-electron chi connectivity index (χ0n) is 28.8. The average molecular weight is 671 g/mol. The Morgan fingerprint density at radius 1 is 0.560 bits per heavy atom. The number of ether oxygens (including phenoxy) is 2. The molecule has 2 heterocycles. The van der Waals surface area contributed by atoms with Gasteiger partial charge in [0.15, 0.2) is 0 Å². The summed E-state index contributed by atoms with van der Waals surface area (Å²) in [6.07, 6.45) is 0. The van der Waals surface area contributed by atoms with Gasteiger partial charge in [-0.3, -0.25) is 20.0 Å². The molecule has 0 radical (unpaired) electrons. The fraction of sp³-hybridized carbons (Fsp3) is 0.211. The van der Waals surface area contributed by atoms with Gasteiger partial charge >= 0.3 is 11.9 Å². The van der Waals surface area contributed by atoms with Crippen LogP contribution < -0.4 is 11.0 Å². The molecule has 0 spiro atoms. The second-order valence-corrected chi connectivity index (χ2v) is 11.3. The fourth-order valence-corrected chi connectivity index (χ4v) is 5.71. The summed E-state index contributed by atoms with van der Waals surface area (Å²) in [6, 6.07) is 25.5. The van der Waals surface area contributed by atoms with Crippen LogP contribution in [0.2, 0.25) is 0 Å². The van der Waals surface area contributed by atoms with Crippen molar-refractivity contribution in [3.63, 3.8) is 0 Å². The zero-order valence-corrected chi connectivity index (χ0v) is 28.8. The standard InChI is InChI=1S/C38H38N8O4/c1-7-49-37(47)31-23(3)33(43-41-27-15-11-9-12-16-27)25(5)45(35(31)39)29-19-21-30(22-20-29)46-26(6)34(44-42-28-17-13-10-14-18-28)24(4)32(36(46)40)38(48)50-8-2/h9-22,39-40H,7-8H2,1-6H3/b39-35?,40-36?,43-41+,44-42+. The number of aromatic nitrogens is 2. The molecular formula is C38H38N8O4. The van der Waals surface area contributed by atoms with Crippen LogP contribution in [0, 0.1) is 38.5 Å². The molecule has 0 fully saturated rings. The van der Waals surface area contributed by atoms with Gasteiger partial charge in [0, 0.05) is 22.8 Å². The molecule has 254 valence electrons. The minimum Gasteiger partial charge on any atom is -0.462 e. The molecule has 12 nitrogen and oxygen atoms in total. The quantitative estimate of drug-likeness (QED) is 0.112. The lowest BCUT2D eigenvalue weighted by Gasteiger charge is -2.20. The van der Waals surface area contributed by atoms with Crippen LogP contribution in [0.15, 0.2) is 105 Å². The Morgan fingerprint density at radius 3 is 1.22 bits per heavy atom. The molecule has 50 heavy (non-hydrogen) atoms. The van der Waals surface area contributed by atoms with Gasteiger partial charge in [0.25, 0.3) is 0 Å². The Labute approximate surface area is 289 Å². The van der Waals surface area contributed by atoms with Crippen molar-refractivity contribution in [1.29, 1.82) is 10.8 Å². The third-order valence-electron chi connectivity index (χ3n) is 8.11. The van der Waals surface area contributed by atoms with E-state index in [1.54, 1.807) is 61.1 Å². The van der Waals surface area contributed by atoms with Crippen LogP contribution in [0.4, 0.5) is 22.7 Å². The van der Waals surface area contributed by atoms with Crippen LogP contribution in [0.3, 0.4) is 0 Å². The molecule has 2 N–H and O–H groups in total. The van der Waals surface area contributed by atoms with Gasteiger partial charge in [-0.2, -0.15) is 10.2 Å². The van der Waals surface area contributed by atoms with Crippen molar-refractivity contribution in [1.82, 2.24) is 9.13 Å². The second-order valence-electron chi connectivity index (χ2n) is 11.3. The predicted octanol–water partition coefficient (Wildman–Crippen LogP) is 8.64. The van der Waals surface area contributed by atoms with Crippen molar-refractivity contribution in [2.75, 3.05) is 13.2 Å². The van der Waals surface area contributed by atoms with E-state index in [0.29, 0.717) is 56.6 Å². The van der Waals surface area contributed by atoms with Crippen molar-refractivity contribution >= 4 is 34.7 Å². The topological polar surface area (TPSA) is 160 Å².